The first-order valence-electron chi connectivity index (χ1n) is 3.78. The van der Waals surface area contributed by atoms with E-state index in [9.17, 15) is 5.11 Å². The number of alkyl halides is 1. The number of rotatable bonds is 1. The molecule has 0 aliphatic heterocycles. The Morgan fingerprint density at radius 3 is 2.70 bits per heavy atom. The smallest absolute Gasteiger partial charge is 0.119 e. The summed E-state index contributed by atoms with van der Waals surface area (Å²) in [6.45, 7) is 0.624. The zero-order chi connectivity index (χ0) is 7.61. The number of hydrogen-bond acceptors (Lipinski definition) is 2. The monoisotopic (exact) mass is 255 g/mol. The Morgan fingerprint density at radius 2 is 2.30 bits per heavy atom. The van der Waals surface area contributed by atoms with Crippen LogP contribution in [0.2, 0.25) is 0 Å². The fraction of sp³-hybridized carbons (Fsp3) is 1.00. The van der Waals surface area contributed by atoms with Gasteiger partial charge in [0, 0.05) is 5.92 Å². The van der Waals surface area contributed by atoms with Gasteiger partial charge in [-0.05, 0) is 48.4 Å². The first-order valence-corrected chi connectivity index (χ1v) is 4.86. The molecule has 2 unspecified atom stereocenters. The van der Waals surface area contributed by atoms with Crippen molar-refractivity contribution in [2.45, 2.75) is 29.3 Å². The summed E-state index contributed by atoms with van der Waals surface area (Å²) < 4.78 is -0.509. The number of nitrogens with two attached hydrogens (primary N) is 1. The van der Waals surface area contributed by atoms with Crippen LogP contribution in [-0.4, -0.2) is 15.3 Å². The first-order chi connectivity index (χ1) is 4.67. The van der Waals surface area contributed by atoms with Crippen molar-refractivity contribution in [2.75, 3.05) is 6.54 Å². The standard InChI is InChI=1S/C7H14INO/c8-7(10)4-2-1-3-6(7)5-9/h6,10H,1-5,9H2. The van der Waals surface area contributed by atoms with E-state index >= 15 is 0 Å². The van der Waals surface area contributed by atoms with Crippen molar-refractivity contribution < 1.29 is 5.11 Å². The van der Waals surface area contributed by atoms with E-state index in [4.69, 9.17) is 5.73 Å². The Morgan fingerprint density at radius 1 is 1.60 bits per heavy atom. The van der Waals surface area contributed by atoms with Gasteiger partial charge in [-0.15, -0.1) is 0 Å². The van der Waals surface area contributed by atoms with Gasteiger partial charge in [-0.1, -0.05) is 6.42 Å². The fourth-order valence-corrected chi connectivity index (χ4v) is 2.43. The normalized spacial score (nSPS) is 41.7. The molecule has 1 fully saturated rings. The van der Waals surface area contributed by atoms with E-state index in [1.165, 1.54) is 6.42 Å². The van der Waals surface area contributed by atoms with Crippen LogP contribution >= 0.6 is 22.6 Å². The lowest BCUT2D eigenvalue weighted by molar-refractivity contribution is 0.0573. The molecule has 60 valence electrons. The van der Waals surface area contributed by atoms with Gasteiger partial charge in [0.1, 0.15) is 3.61 Å². The Kier molecular flexibility index (Phi) is 2.94. The molecule has 0 heterocycles. The summed E-state index contributed by atoms with van der Waals surface area (Å²) in [6, 6.07) is 0. The third kappa shape index (κ3) is 1.83. The van der Waals surface area contributed by atoms with E-state index in [0.717, 1.165) is 19.3 Å². The van der Waals surface area contributed by atoms with Crippen molar-refractivity contribution in [3.63, 3.8) is 0 Å². The van der Waals surface area contributed by atoms with E-state index in [2.05, 4.69) is 22.6 Å². The molecule has 1 aliphatic carbocycles. The van der Waals surface area contributed by atoms with Crippen LogP contribution in [0.15, 0.2) is 0 Å². The minimum atomic E-state index is -0.509. The molecule has 3 N–H and O–H groups in total. The summed E-state index contributed by atoms with van der Waals surface area (Å²) in [7, 11) is 0. The maximum atomic E-state index is 9.74. The van der Waals surface area contributed by atoms with E-state index < -0.39 is 3.61 Å². The van der Waals surface area contributed by atoms with Gasteiger partial charge in [0.2, 0.25) is 0 Å². The van der Waals surface area contributed by atoms with Gasteiger partial charge in [0.15, 0.2) is 0 Å². The van der Waals surface area contributed by atoms with Crippen molar-refractivity contribution in [2.24, 2.45) is 11.7 Å². The second-order valence-corrected chi connectivity index (χ2v) is 4.87. The number of halogens is 1. The molecule has 1 rings (SSSR count). The predicted octanol–water partition coefficient (Wildman–Crippen LogP) is 1.26. The molecule has 0 aromatic heterocycles. The van der Waals surface area contributed by atoms with Crippen molar-refractivity contribution in [3.05, 3.63) is 0 Å². The highest BCUT2D eigenvalue weighted by atomic mass is 127. The molecular formula is C7H14INO. The van der Waals surface area contributed by atoms with Crippen molar-refractivity contribution in [1.29, 1.82) is 0 Å². The average molecular weight is 255 g/mol. The highest BCUT2D eigenvalue weighted by molar-refractivity contribution is 14.1. The minimum Gasteiger partial charge on any atom is -0.379 e. The van der Waals surface area contributed by atoms with Crippen LogP contribution in [0.4, 0.5) is 0 Å². The quantitative estimate of drug-likeness (QED) is 0.547. The third-order valence-electron chi connectivity index (χ3n) is 2.24. The summed E-state index contributed by atoms with van der Waals surface area (Å²) >= 11 is 2.13. The van der Waals surface area contributed by atoms with E-state index in [1.807, 2.05) is 0 Å². The molecule has 2 atom stereocenters. The topological polar surface area (TPSA) is 46.2 Å². The van der Waals surface area contributed by atoms with Gasteiger partial charge < -0.3 is 10.8 Å². The Labute approximate surface area is 75.3 Å². The van der Waals surface area contributed by atoms with E-state index in [0.29, 0.717) is 12.5 Å². The average Bonchev–Trinajstić information content (AvgIpc) is 1.87. The molecule has 0 aromatic carbocycles. The lowest BCUT2D eigenvalue weighted by Gasteiger charge is -2.34. The molecule has 1 saturated carbocycles. The lowest BCUT2D eigenvalue weighted by atomic mass is 9.87. The fourth-order valence-electron chi connectivity index (χ4n) is 1.49. The molecule has 0 radical (unpaired) electrons. The number of aliphatic hydroxyl groups is 1. The molecule has 0 aromatic rings. The van der Waals surface area contributed by atoms with Crippen molar-refractivity contribution in [3.8, 4) is 0 Å². The zero-order valence-electron chi connectivity index (χ0n) is 6.02. The maximum absolute atomic E-state index is 9.74. The molecule has 1 aliphatic rings. The SMILES string of the molecule is NCC1CCCCC1(O)I. The highest BCUT2D eigenvalue weighted by Gasteiger charge is 2.34. The summed E-state index contributed by atoms with van der Waals surface area (Å²) in [4.78, 5) is 0. The van der Waals surface area contributed by atoms with Gasteiger partial charge in [-0.25, -0.2) is 0 Å². The Hall–Kier alpha value is 0.650. The van der Waals surface area contributed by atoms with Crippen LogP contribution in [0.3, 0.4) is 0 Å². The zero-order valence-corrected chi connectivity index (χ0v) is 8.17. The van der Waals surface area contributed by atoms with E-state index in [1.54, 1.807) is 0 Å². The van der Waals surface area contributed by atoms with Gasteiger partial charge in [0.25, 0.3) is 0 Å². The van der Waals surface area contributed by atoms with Gasteiger partial charge in [-0.2, -0.15) is 0 Å². The summed E-state index contributed by atoms with van der Waals surface area (Å²) in [5, 5.41) is 9.74. The molecule has 10 heavy (non-hydrogen) atoms. The largest absolute Gasteiger partial charge is 0.379 e. The summed E-state index contributed by atoms with van der Waals surface area (Å²) in [5.41, 5.74) is 5.51. The predicted molar refractivity (Wildman–Crippen MR) is 50.0 cm³/mol. The molecule has 2 nitrogen and oxygen atoms in total. The van der Waals surface area contributed by atoms with Crippen molar-refractivity contribution >= 4 is 22.6 Å². The van der Waals surface area contributed by atoms with Crippen molar-refractivity contribution in [1.82, 2.24) is 0 Å². The van der Waals surface area contributed by atoms with Gasteiger partial charge in [-0.3, -0.25) is 0 Å². The molecule has 0 spiro atoms. The van der Waals surface area contributed by atoms with Gasteiger partial charge in [0.05, 0.1) is 0 Å². The molecule has 0 amide bonds. The van der Waals surface area contributed by atoms with Crippen LogP contribution in [0.5, 0.6) is 0 Å². The first kappa shape index (κ1) is 8.74. The van der Waals surface area contributed by atoms with Crippen LogP contribution in [0.25, 0.3) is 0 Å². The maximum Gasteiger partial charge on any atom is 0.119 e. The Balaban J connectivity index is 2.51. The third-order valence-corrected chi connectivity index (χ3v) is 3.66. The van der Waals surface area contributed by atoms with Crippen LogP contribution in [0, 0.1) is 5.92 Å². The van der Waals surface area contributed by atoms with Crippen LogP contribution in [0.1, 0.15) is 25.7 Å². The summed E-state index contributed by atoms with van der Waals surface area (Å²) in [6.07, 6.45) is 4.38. The highest BCUT2D eigenvalue weighted by Crippen LogP contribution is 2.38. The Bertz CT molecular complexity index is 116. The second-order valence-electron chi connectivity index (χ2n) is 3.00. The lowest BCUT2D eigenvalue weighted by Crippen LogP contribution is -2.38. The molecule has 0 bridgehead atoms. The molecule has 0 saturated heterocycles. The van der Waals surface area contributed by atoms with E-state index in [-0.39, 0.29) is 0 Å². The minimum absolute atomic E-state index is 0.321. The van der Waals surface area contributed by atoms with Gasteiger partial charge >= 0.3 is 0 Å². The molecular weight excluding hydrogens is 241 g/mol. The number of hydrogen-bond donors (Lipinski definition) is 2. The molecule has 3 heteroatoms. The second kappa shape index (κ2) is 3.36. The van der Waals surface area contributed by atoms with Crippen LogP contribution < -0.4 is 5.73 Å². The van der Waals surface area contributed by atoms with Crippen LogP contribution in [-0.2, 0) is 0 Å². The summed E-state index contributed by atoms with van der Waals surface area (Å²) in [5.74, 6) is 0.321.